The van der Waals surface area contributed by atoms with Crippen LogP contribution in [-0.2, 0) is 13.0 Å². The van der Waals surface area contributed by atoms with E-state index in [1.54, 1.807) is 0 Å². The number of aromatic nitrogens is 2. The summed E-state index contributed by atoms with van der Waals surface area (Å²) in [5.41, 5.74) is 4.42. The number of pyridine rings is 2. The molecule has 1 atom stereocenters. The van der Waals surface area contributed by atoms with Crippen LogP contribution >= 0.6 is 0 Å². The van der Waals surface area contributed by atoms with Crippen molar-refractivity contribution in [2.24, 2.45) is 0 Å². The number of rotatable bonds is 5. The van der Waals surface area contributed by atoms with Crippen molar-refractivity contribution in [3.8, 4) is 0 Å². The van der Waals surface area contributed by atoms with Crippen molar-refractivity contribution in [2.75, 3.05) is 13.1 Å². The molecule has 1 fully saturated rings. The van der Waals surface area contributed by atoms with Crippen molar-refractivity contribution in [1.82, 2.24) is 14.9 Å². The van der Waals surface area contributed by atoms with Gasteiger partial charge in [0.1, 0.15) is 5.82 Å². The molecule has 0 bridgehead atoms. The van der Waals surface area contributed by atoms with Gasteiger partial charge in [-0.2, -0.15) is 0 Å². The molecule has 0 saturated carbocycles. The molecule has 3 heterocycles. The molecule has 1 aromatic carbocycles. The molecule has 0 radical (unpaired) electrons. The quantitative estimate of drug-likeness (QED) is 0.666. The highest BCUT2D eigenvalue weighted by Gasteiger charge is 2.22. The second-order valence-corrected chi connectivity index (χ2v) is 7.25. The van der Waals surface area contributed by atoms with Crippen molar-refractivity contribution in [3.05, 3.63) is 95.3 Å². The fourth-order valence-electron chi connectivity index (χ4n) is 3.80. The lowest BCUT2D eigenvalue weighted by atomic mass is 9.93. The van der Waals surface area contributed by atoms with Crippen LogP contribution in [0.2, 0.25) is 0 Å². The van der Waals surface area contributed by atoms with Crippen LogP contribution in [0.3, 0.4) is 0 Å². The summed E-state index contributed by atoms with van der Waals surface area (Å²) < 4.78 is 13.1. The molecule has 27 heavy (non-hydrogen) atoms. The highest BCUT2D eigenvalue weighted by atomic mass is 19.1. The second kappa shape index (κ2) is 8.40. The zero-order valence-corrected chi connectivity index (χ0v) is 15.4. The summed E-state index contributed by atoms with van der Waals surface area (Å²) in [5, 5.41) is 0. The molecule has 4 rings (SSSR count). The van der Waals surface area contributed by atoms with Crippen molar-refractivity contribution in [1.29, 1.82) is 0 Å². The van der Waals surface area contributed by atoms with Gasteiger partial charge in [0.05, 0.1) is 5.69 Å². The number of piperidine rings is 1. The molecule has 4 heteroatoms. The standard InChI is InChI=1S/C23H24FN3/c24-20-11-9-18(10-12-20)15-21-7-3-8-23(26-21)19-5-4-14-27(16-19)17-22-6-1-2-13-25-22/h1-3,6-13,19H,4-5,14-17H2/t19-/m0/s1. The van der Waals surface area contributed by atoms with Crippen LogP contribution in [0.1, 0.15) is 41.4 Å². The molecule has 0 N–H and O–H groups in total. The maximum atomic E-state index is 13.1. The first kappa shape index (κ1) is 17.8. The van der Waals surface area contributed by atoms with Crippen LogP contribution in [0.25, 0.3) is 0 Å². The molecule has 3 aromatic rings. The van der Waals surface area contributed by atoms with E-state index in [1.165, 1.54) is 30.7 Å². The Hall–Kier alpha value is -2.59. The van der Waals surface area contributed by atoms with Gasteiger partial charge in [0.25, 0.3) is 0 Å². The molecule has 1 aliphatic heterocycles. The van der Waals surface area contributed by atoms with Crippen molar-refractivity contribution < 1.29 is 4.39 Å². The minimum Gasteiger partial charge on any atom is -0.297 e. The average molecular weight is 361 g/mol. The van der Waals surface area contributed by atoms with E-state index < -0.39 is 0 Å². The first-order valence-corrected chi connectivity index (χ1v) is 9.59. The average Bonchev–Trinajstić information content (AvgIpc) is 2.71. The van der Waals surface area contributed by atoms with Gasteiger partial charge in [-0.15, -0.1) is 0 Å². The van der Waals surface area contributed by atoms with Crippen LogP contribution in [0.5, 0.6) is 0 Å². The van der Waals surface area contributed by atoms with E-state index in [9.17, 15) is 4.39 Å². The Morgan fingerprint density at radius 1 is 0.963 bits per heavy atom. The summed E-state index contributed by atoms with van der Waals surface area (Å²) >= 11 is 0. The Balaban J connectivity index is 1.43. The first-order valence-electron chi connectivity index (χ1n) is 9.59. The van der Waals surface area contributed by atoms with E-state index in [0.717, 1.165) is 43.0 Å². The fraction of sp³-hybridized carbons (Fsp3) is 0.304. The SMILES string of the molecule is Fc1ccc(Cc2cccc([C@H]3CCCN(Cc4ccccn4)C3)n2)cc1. The van der Waals surface area contributed by atoms with Gasteiger partial charge in [-0.05, 0) is 61.3 Å². The predicted molar refractivity (Wildman–Crippen MR) is 105 cm³/mol. The van der Waals surface area contributed by atoms with Crippen LogP contribution < -0.4 is 0 Å². The van der Waals surface area contributed by atoms with Gasteiger partial charge in [-0.1, -0.05) is 24.3 Å². The van der Waals surface area contributed by atoms with E-state index in [2.05, 4.69) is 34.1 Å². The highest BCUT2D eigenvalue weighted by Crippen LogP contribution is 2.26. The molecule has 138 valence electrons. The van der Waals surface area contributed by atoms with E-state index in [0.29, 0.717) is 5.92 Å². The Kier molecular flexibility index (Phi) is 5.54. The highest BCUT2D eigenvalue weighted by molar-refractivity contribution is 5.24. The number of nitrogens with zero attached hydrogens (tertiary/aromatic N) is 3. The topological polar surface area (TPSA) is 29.0 Å². The van der Waals surface area contributed by atoms with E-state index >= 15 is 0 Å². The maximum Gasteiger partial charge on any atom is 0.123 e. The van der Waals surface area contributed by atoms with Gasteiger partial charge in [-0.25, -0.2) is 4.39 Å². The summed E-state index contributed by atoms with van der Waals surface area (Å²) in [4.78, 5) is 11.9. The lowest BCUT2D eigenvalue weighted by Gasteiger charge is -2.32. The third kappa shape index (κ3) is 4.77. The molecular weight excluding hydrogens is 337 g/mol. The number of likely N-dealkylation sites (tertiary alicyclic amines) is 1. The Morgan fingerprint density at radius 3 is 2.63 bits per heavy atom. The number of halogens is 1. The zero-order chi connectivity index (χ0) is 18.5. The number of benzene rings is 1. The van der Waals surface area contributed by atoms with E-state index in [-0.39, 0.29) is 5.82 Å². The second-order valence-electron chi connectivity index (χ2n) is 7.25. The van der Waals surface area contributed by atoms with Crippen LogP contribution in [-0.4, -0.2) is 28.0 Å². The minimum atomic E-state index is -0.198. The monoisotopic (exact) mass is 361 g/mol. The normalized spacial score (nSPS) is 17.7. The molecule has 0 unspecified atom stereocenters. The summed E-state index contributed by atoms with van der Waals surface area (Å²) in [6.45, 7) is 3.03. The molecule has 0 amide bonds. The zero-order valence-electron chi connectivity index (χ0n) is 15.4. The van der Waals surface area contributed by atoms with Gasteiger partial charge in [-0.3, -0.25) is 14.9 Å². The maximum absolute atomic E-state index is 13.1. The lowest BCUT2D eigenvalue weighted by molar-refractivity contribution is 0.196. The van der Waals surface area contributed by atoms with Crippen LogP contribution in [0.4, 0.5) is 4.39 Å². The number of hydrogen-bond donors (Lipinski definition) is 0. The molecular formula is C23H24FN3. The fourth-order valence-corrected chi connectivity index (χ4v) is 3.80. The smallest absolute Gasteiger partial charge is 0.123 e. The van der Waals surface area contributed by atoms with E-state index in [4.69, 9.17) is 4.98 Å². The van der Waals surface area contributed by atoms with Crippen molar-refractivity contribution in [2.45, 2.75) is 31.7 Å². The summed E-state index contributed by atoms with van der Waals surface area (Å²) in [6.07, 6.45) is 4.95. The molecule has 3 nitrogen and oxygen atoms in total. The lowest BCUT2D eigenvalue weighted by Crippen LogP contribution is -2.34. The molecule has 1 saturated heterocycles. The third-order valence-electron chi connectivity index (χ3n) is 5.16. The Morgan fingerprint density at radius 2 is 1.81 bits per heavy atom. The van der Waals surface area contributed by atoms with Gasteiger partial charge in [0.2, 0.25) is 0 Å². The molecule has 1 aliphatic rings. The van der Waals surface area contributed by atoms with Gasteiger partial charge < -0.3 is 0 Å². The summed E-state index contributed by atoms with van der Waals surface area (Å²) in [6, 6.07) is 19.1. The largest absolute Gasteiger partial charge is 0.297 e. The van der Waals surface area contributed by atoms with Gasteiger partial charge >= 0.3 is 0 Å². The Bertz CT molecular complexity index is 864. The number of hydrogen-bond acceptors (Lipinski definition) is 3. The summed E-state index contributed by atoms with van der Waals surface area (Å²) in [7, 11) is 0. The van der Waals surface area contributed by atoms with Gasteiger partial charge in [0, 0.05) is 43.0 Å². The van der Waals surface area contributed by atoms with Crippen molar-refractivity contribution >= 4 is 0 Å². The molecule has 0 spiro atoms. The summed E-state index contributed by atoms with van der Waals surface area (Å²) in [5.74, 6) is 0.256. The predicted octanol–water partition coefficient (Wildman–Crippen LogP) is 4.59. The minimum absolute atomic E-state index is 0.198. The van der Waals surface area contributed by atoms with Crippen LogP contribution in [0.15, 0.2) is 66.9 Å². The van der Waals surface area contributed by atoms with Gasteiger partial charge in [0.15, 0.2) is 0 Å². The van der Waals surface area contributed by atoms with Crippen molar-refractivity contribution in [3.63, 3.8) is 0 Å². The third-order valence-corrected chi connectivity index (χ3v) is 5.16. The molecule has 0 aliphatic carbocycles. The van der Waals surface area contributed by atoms with Crippen LogP contribution in [0, 0.1) is 5.82 Å². The van der Waals surface area contributed by atoms with E-state index in [1.807, 2.05) is 30.5 Å². The Labute approximate surface area is 159 Å². The molecule has 2 aromatic heterocycles. The first-order chi connectivity index (χ1) is 13.3.